The Hall–Kier alpha value is -2.15. The van der Waals surface area contributed by atoms with Crippen LogP contribution in [0.3, 0.4) is 0 Å². The van der Waals surface area contributed by atoms with Crippen LogP contribution < -0.4 is 0 Å². The Morgan fingerprint density at radius 1 is 1.38 bits per heavy atom. The summed E-state index contributed by atoms with van der Waals surface area (Å²) in [6.07, 6.45) is -0.277. The topological polar surface area (TPSA) is 76.0 Å². The van der Waals surface area contributed by atoms with Crippen molar-refractivity contribution in [3.05, 3.63) is 34.7 Å². The van der Waals surface area contributed by atoms with Gasteiger partial charge in [0.15, 0.2) is 5.82 Å². The Morgan fingerprint density at radius 3 is 2.71 bits per heavy atom. The van der Waals surface area contributed by atoms with Crippen molar-refractivity contribution < 1.29 is 9.53 Å². The fraction of sp³-hybridized carbons (Fsp3) is 0.588. The molecule has 3 rings (SSSR count). The van der Waals surface area contributed by atoms with Crippen LogP contribution in [-0.4, -0.2) is 50.3 Å². The Morgan fingerprint density at radius 2 is 2.12 bits per heavy atom. The highest BCUT2D eigenvalue weighted by Crippen LogP contribution is 2.24. The summed E-state index contributed by atoms with van der Waals surface area (Å²) in [5.41, 5.74) is 2.90. The molecule has 0 unspecified atom stereocenters. The molecule has 3 heterocycles. The second-order valence-corrected chi connectivity index (χ2v) is 6.64. The van der Waals surface area contributed by atoms with Gasteiger partial charge >= 0.3 is 0 Å². The van der Waals surface area contributed by atoms with Gasteiger partial charge in [-0.1, -0.05) is 0 Å². The van der Waals surface area contributed by atoms with Crippen molar-refractivity contribution >= 4 is 5.91 Å². The summed E-state index contributed by atoms with van der Waals surface area (Å²) in [5.74, 6) is 1.41. The number of hydrogen-bond acceptors (Lipinski definition) is 4. The van der Waals surface area contributed by atoms with E-state index in [1.165, 1.54) is 0 Å². The average Bonchev–Trinajstić information content (AvgIpc) is 3.10. The number of ether oxygens (including phenoxy) is 1. The molecular weight excluding hydrogens is 306 g/mol. The van der Waals surface area contributed by atoms with Crippen LogP contribution in [-0.2, 0) is 4.74 Å². The number of morpholine rings is 1. The molecule has 2 aromatic rings. The molecule has 1 fully saturated rings. The molecule has 130 valence electrons. The van der Waals surface area contributed by atoms with Gasteiger partial charge in [-0.3, -0.25) is 9.89 Å². The van der Waals surface area contributed by atoms with Crippen LogP contribution in [0.2, 0.25) is 0 Å². The van der Waals surface area contributed by atoms with E-state index in [1.54, 1.807) is 0 Å². The van der Waals surface area contributed by atoms with Crippen LogP contribution >= 0.6 is 0 Å². The number of H-pyrrole nitrogens is 1. The maximum atomic E-state index is 13.0. The number of aryl methyl sites for hydroxylation is 2. The molecule has 1 N–H and O–H groups in total. The predicted octanol–water partition coefficient (Wildman–Crippen LogP) is 2.33. The third-order valence-electron chi connectivity index (χ3n) is 4.49. The number of carbonyl (C=O) groups excluding carboxylic acids is 1. The second kappa shape index (κ2) is 6.39. The van der Waals surface area contributed by atoms with E-state index >= 15 is 0 Å². The van der Waals surface area contributed by atoms with Crippen LogP contribution in [0.5, 0.6) is 0 Å². The first-order chi connectivity index (χ1) is 11.4. The van der Waals surface area contributed by atoms with Crippen molar-refractivity contribution in [2.45, 2.75) is 46.8 Å². The number of nitrogens with one attached hydrogen (secondary N) is 1. The summed E-state index contributed by atoms with van der Waals surface area (Å²) >= 11 is 0. The normalized spacial score (nSPS) is 18.4. The van der Waals surface area contributed by atoms with Crippen molar-refractivity contribution in [2.24, 2.45) is 0 Å². The van der Waals surface area contributed by atoms with E-state index in [0.717, 1.165) is 22.8 Å². The summed E-state index contributed by atoms with van der Waals surface area (Å²) in [7, 11) is 0. The summed E-state index contributed by atoms with van der Waals surface area (Å²) in [5, 5.41) is 6.99. The summed E-state index contributed by atoms with van der Waals surface area (Å²) < 4.78 is 7.95. The van der Waals surface area contributed by atoms with Gasteiger partial charge in [-0.15, -0.1) is 0 Å². The number of aromatic nitrogens is 4. The zero-order valence-corrected chi connectivity index (χ0v) is 15.0. The Balaban J connectivity index is 1.81. The first-order valence-corrected chi connectivity index (χ1v) is 8.36. The van der Waals surface area contributed by atoms with Crippen molar-refractivity contribution in [1.82, 2.24) is 24.6 Å². The van der Waals surface area contributed by atoms with Crippen molar-refractivity contribution in [1.29, 1.82) is 0 Å². The van der Waals surface area contributed by atoms with Crippen molar-refractivity contribution in [3.8, 4) is 0 Å². The van der Waals surface area contributed by atoms with E-state index in [2.05, 4.69) is 33.6 Å². The van der Waals surface area contributed by atoms with Crippen LogP contribution in [0, 0.1) is 20.8 Å². The molecule has 0 radical (unpaired) electrons. The molecule has 0 aromatic carbocycles. The van der Waals surface area contributed by atoms with Crippen LogP contribution in [0.25, 0.3) is 0 Å². The molecule has 7 heteroatoms. The second-order valence-electron chi connectivity index (χ2n) is 6.64. The lowest BCUT2D eigenvalue weighted by molar-refractivity contribution is -0.0267. The minimum atomic E-state index is -0.277. The van der Waals surface area contributed by atoms with Gasteiger partial charge in [-0.25, -0.2) is 4.98 Å². The first kappa shape index (κ1) is 16.7. The summed E-state index contributed by atoms with van der Waals surface area (Å²) in [4.78, 5) is 19.2. The van der Waals surface area contributed by atoms with Gasteiger partial charge < -0.3 is 14.2 Å². The molecule has 7 nitrogen and oxygen atoms in total. The number of amides is 1. The molecule has 0 saturated carbocycles. The molecule has 0 bridgehead atoms. The lowest BCUT2D eigenvalue weighted by Gasteiger charge is -2.31. The number of aromatic amines is 1. The standard InChI is InChI=1S/C17H25N5O2/c1-10(2)22-11(3)8-14(12(22)4)17(23)21-6-7-24-15(9-21)16-18-13(5)19-20-16/h8,10,15H,6-7,9H2,1-5H3,(H,18,19,20)/t15-/m0/s1. The van der Waals surface area contributed by atoms with Gasteiger partial charge in [0.1, 0.15) is 11.9 Å². The lowest BCUT2D eigenvalue weighted by atomic mass is 10.1. The lowest BCUT2D eigenvalue weighted by Crippen LogP contribution is -2.42. The Bertz CT molecular complexity index is 746. The van der Waals surface area contributed by atoms with Gasteiger partial charge in [-0.2, -0.15) is 5.10 Å². The van der Waals surface area contributed by atoms with Gasteiger partial charge in [0.25, 0.3) is 5.91 Å². The van der Waals surface area contributed by atoms with E-state index in [-0.39, 0.29) is 12.0 Å². The zero-order chi connectivity index (χ0) is 17.4. The molecule has 24 heavy (non-hydrogen) atoms. The van der Waals surface area contributed by atoms with Gasteiger partial charge in [0.2, 0.25) is 0 Å². The Labute approximate surface area is 142 Å². The summed E-state index contributed by atoms with van der Waals surface area (Å²) in [6.45, 7) is 11.7. The molecule has 1 aliphatic rings. The SMILES string of the molecule is Cc1nc([C@@H]2CN(C(=O)c3cc(C)n(C(C)C)c3C)CCO2)n[nH]1. The number of carbonyl (C=O) groups is 1. The summed E-state index contributed by atoms with van der Waals surface area (Å²) in [6, 6.07) is 2.32. The van der Waals surface area contributed by atoms with Crippen LogP contribution in [0.15, 0.2) is 6.07 Å². The van der Waals surface area contributed by atoms with Crippen LogP contribution in [0.1, 0.15) is 59.4 Å². The minimum absolute atomic E-state index is 0.0514. The molecule has 1 amide bonds. The number of rotatable bonds is 3. The monoisotopic (exact) mass is 331 g/mol. The molecular formula is C17H25N5O2. The highest BCUT2D eigenvalue weighted by molar-refractivity contribution is 5.95. The van der Waals surface area contributed by atoms with E-state index in [1.807, 2.05) is 31.7 Å². The highest BCUT2D eigenvalue weighted by Gasteiger charge is 2.30. The molecule has 1 saturated heterocycles. The van der Waals surface area contributed by atoms with Gasteiger partial charge in [0, 0.05) is 24.0 Å². The van der Waals surface area contributed by atoms with E-state index in [4.69, 9.17) is 4.74 Å². The smallest absolute Gasteiger partial charge is 0.255 e. The third kappa shape index (κ3) is 2.96. The maximum Gasteiger partial charge on any atom is 0.255 e. The van der Waals surface area contributed by atoms with E-state index in [9.17, 15) is 4.79 Å². The third-order valence-corrected chi connectivity index (χ3v) is 4.49. The number of hydrogen-bond donors (Lipinski definition) is 1. The Kier molecular flexibility index (Phi) is 4.45. The van der Waals surface area contributed by atoms with Crippen molar-refractivity contribution in [2.75, 3.05) is 19.7 Å². The van der Waals surface area contributed by atoms with Crippen LogP contribution in [0.4, 0.5) is 0 Å². The van der Waals surface area contributed by atoms with Gasteiger partial charge in [0.05, 0.1) is 18.7 Å². The first-order valence-electron chi connectivity index (χ1n) is 8.36. The predicted molar refractivity (Wildman–Crippen MR) is 90.0 cm³/mol. The molecule has 1 atom stereocenters. The van der Waals surface area contributed by atoms with E-state index in [0.29, 0.717) is 31.6 Å². The minimum Gasteiger partial charge on any atom is -0.366 e. The van der Waals surface area contributed by atoms with E-state index < -0.39 is 0 Å². The van der Waals surface area contributed by atoms with Gasteiger partial charge in [-0.05, 0) is 40.7 Å². The maximum absolute atomic E-state index is 13.0. The molecule has 1 aliphatic heterocycles. The van der Waals surface area contributed by atoms with Crippen molar-refractivity contribution in [3.63, 3.8) is 0 Å². The fourth-order valence-electron chi connectivity index (χ4n) is 3.45. The fourth-order valence-corrected chi connectivity index (χ4v) is 3.45. The average molecular weight is 331 g/mol. The largest absolute Gasteiger partial charge is 0.366 e. The highest BCUT2D eigenvalue weighted by atomic mass is 16.5. The molecule has 0 aliphatic carbocycles. The molecule has 2 aromatic heterocycles. The number of nitrogens with zero attached hydrogens (tertiary/aromatic N) is 4. The quantitative estimate of drug-likeness (QED) is 0.936. The zero-order valence-electron chi connectivity index (χ0n) is 15.0. The molecule has 0 spiro atoms.